The Bertz CT molecular complexity index is 1760. The van der Waals surface area contributed by atoms with Crippen LogP contribution in [0.3, 0.4) is 0 Å². The first-order valence-electron chi connectivity index (χ1n) is 13.3. The smallest absolute Gasteiger partial charge is 0.478 e. The van der Waals surface area contributed by atoms with Crippen molar-refractivity contribution in [3.63, 3.8) is 0 Å². The van der Waals surface area contributed by atoms with E-state index in [2.05, 4.69) is 10.0 Å². The number of nitrogen functional groups attached to an aromatic ring is 1. The number of carbonyl (C=O) groups excluding carboxylic acids is 2. The normalized spacial score (nSPS) is 14.6. The second kappa shape index (κ2) is 15.6. The number of alkyl halides is 3. The Labute approximate surface area is 270 Å². The zero-order valence-corrected chi connectivity index (χ0v) is 25.8. The van der Waals surface area contributed by atoms with Crippen LogP contribution in [-0.2, 0) is 36.7 Å². The second-order valence-corrected chi connectivity index (χ2v) is 12.6. The molecule has 1 heterocycles. The first-order chi connectivity index (χ1) is 22.0. The molecule has 0 unspecified atom stereocenters. The number of hydrogen-bond acceptors (Lipinski definition) is 8. The summed E-state index contributed by atoms with van der Waals surface area (Å²) in [6.45, 7) is -0.332. The molecule has 1 aliphatic rings. The molecule has 0 aliphatic carbocycles. The van der Waals surface area contributed by atoms with Gasteiger partial charge in [-0.2, -0.15) is 13.2 Å². The number of nitrogens with two attached hydrogens (primary N) is 1. The third-order valence-electron chi connectivity index (χ3n) is 6.29. The van der Waals surface area contributed by atoms with E-state index in [1.165, 1.54) is 23.9 Å². The molecule has 0 saturated carbocycles. The molecule has 0 aromatic heterocycles. The molecule has 0 spiro atoms. The second-order valence-electron chi connectivity index (χ2n) is 9.83. The molecule has 18 heteroatoms. The predicted molar refractivity (Wildman–Crippen MR) is 165 cm³/mol. The van der Waals surface area contributed by atoms with Crippen LogP contribution in [0.15, 0.2) is 77.7 Å². The molecule has 1 atom stereocenters. The highest BCUT2D eigenvalue weighted by Crippen LogP contribution is 2.35. The lowest BCUT2D eigenvalue weighted by Gasteiger charge is -2.25. The molecule has 7 N–H and O–H groups in total. The lowest BCUT2D eigenvalue weighted by atomic mass is 10.1. The molecule has 3 aromatic carbocycles. The van der Waals surface area contributed by atoms with Gasteiger partial charge in [-0.25, -0.2) is 22.7 Å². The molecule has 0 fully saturated rings. The van der Waals surface area contributed by atoms with E-state index in [0.717, 1.165) is 10.5 Å². The Morgan fingerprint density at radius 1 is 0.979 bits per heavy atom. The lowest BCUT2D eigenvalue weighted by Crippen LogP contribution is -2.51. The standard InChI is InChI=1S/C27H27N5O6S2.C2HF3O2/c28-25(29)19-8-6-17(7-9-19)13-30-24(33)14-32-22-12-20(27(35)36)10-11-23(22)39-15-21(26(32)34)31-40(37,38)16-18-4-2-1-3-5-18;3-2(4,5)1(6)7/h1-12,21,31H,13-16H2,(H3,28,29)(H,30,33)(H,35,36);(H,6,7)/t21-;/m1./s1. The van der Waals surface area contributed by atoms with Gasteiger partial charge in [0, 0.05) is 22.8 Å². The van der Waals surface area contributed by atoms with Gasteiger partial charge in [0.25, 0.3) is 0 Å². The van der Waals surface area contributed by atoms with Crippen molar-refractivity contribution in [2.24, 2.45) is 5.73 Å². The van der Waals surface area contributed by atoms with Gasteiger partial charge in [0.1, 0.15) is 18.4 Å². The average molecular weight is 696 g/mol. The molecule has 0 radical (unpaired) electrons. The number of anilines is 1. The van der Waals surface area contributed by atoms with Crippen molar-refractivity contribution in [2.45, 2.75) is 29.4 Å². The predicted octanol–water partition coefficient (Wildman–Crippen LogP) is 2.55. The van der Waals surface area contributed by atoms with Gasteiger partial charge < -0.3 is 26.2 Å². The van der Waals surface area contributed by atoms with E-state index in [9.17, 15) is 41.1 Å². The van der Waals surface area contributed by atoms with Crippen LogP contribution >= 0.6 is 11.8 Å². The van der Waals surface area contributed by atoms with Gasteiger partial charge in [-0.3, -0.25) is 15.0 Å². The number of aromatic carboxylic acids is 1. The summed E-state index contributed by atoms with van der Waals surface area (Å²) < 4.78 is 60.1. The summed E-state index contributed by atoms with van der Waals surface area (Å²) in [5.41, 5.74) is 7.41. The largest absolute Gasteiger partial charge is 0.490 e. The fraction of sp³-hybridized carbons (Fsp3) is 0.207. The number of nitrogens with one attached hydrogen (secondary N) is 3. The lowest BCUT2D eigenvalue weighted by molar-refractivity contribution is -0.192. The first kappa shape index (κ1) is 36.5. The fourth-order valence-electron chi connectivity index (χ4n) is 4.04. The molecular formula is C29H28F3N5O8S2. The minimum Gasteiger partial charge on any atom is -0.478 e. The highest BCUT2D eigenvalue weighted by molar-refractivity contribution is 7.99. The molecule has 47 heavy (non-hydrogen) atoms. The number of rotatable bonds is 10. The number of aliphatic carboxylic acids is 1. The van der Waals surface area contributed by atoms with E-state index in [-0.39, 0.29) is 35.1 Å². The number of halogens is 3. The maximum Gasteiger partial charge on any atom is 0.490 e. The molecule has 1 aliphatic heterocycles. The highest BCUT2D eigenvalue weighted by Gasteiger charge is 2.38. The zero-order chi connectivity index (χ0) is 34.9. The topological polar surface area (TPSA) is 220 Å². The summed E-state index contributed by atoms with van der Waals surface area (Å²) in [5.74, 6) is -5.54. The minimum absolute atomic E-state index is 0.0485. The van der Waals surface area contributed by atoms with Crippen molar-refractivity contribution in [3.8, 4) is 0 Å². The number of amides is 2. The van der Waals surface area contributed by atoms with Crippen molar-refractivity contribution in [2.75, 3.05) is 17.2 Å². The Kier molecular flexibility index (Phi) is 12.1. The van der Waals surface area contributed by atoms with Crippen LogP contribution < -0.4 is 20.7 Å². The summed E-state index contributed by atoms with van der Waals surface area (Å²) in [6.07, 6.45) is -5.08. The van der Waals surface area contributed by atoms with Crippen LogP contribution in [0.25, 0.3) is 0 Å². The van der Waals surface area contributed by atoms with Crippen LogP contribution in [0, 0.1) is 5.41 Å². The van der Waals surface area contributed by atoms with Crippen molar-refractivity contribution in [1.82, 2.24) is 10.0 Å². The fourth-order valence-corrected chi connectivity index (χ4v) is 6.53. The third-order valence-corrected chi connectivity index (χ3v) is 8.80. The number of fused-ring (bicyclic) bond motifs is 1. The van der Waals surface area contributed by atoms with E-state index in [4.69, 9.17) is 21.0 Å². The molecule has 4 rings (SSSR count). The highest BCUT2D eigenvalue weighted by atomic mass is 32.2. The number of benzene rings is 3. The van der Waals surface area contributed by atoms with Crippen molar-refractivity contribution in [1.29, 1.82) is 5.41 Å². The number of sulfonamides is 1. The number of amidine groups is 1. The Morgan fingerprint density at radius 3 is 2.13 bits per heavy atom. The van der Waals surface area contributed by atoms with Gasteiger partial charge in [0.2, 0.25) is 21.8 Å². The molecule has 250 valence electrons. The quantitative estimate of drug-likeness (QED) is 0.134. The number of carbonyl (C=O) groups is 4. The molecule has 13 nitrogen and oxygen atoms in total. The number of carboxylic acid groups (broad SMARTS) is 2. The molecule has 3 aromatic rings. The summed E-state index contributed by atoms with van der Waals surface area (Å²) in [7, 11) is -3.93. The van der Waals surface area contributed by atoms with E-state index in [1.807, 2.05) is 0 Å². The van der Waals surface area contributed by atoms with Gasteiger partial charge in [-0.15, -0.1) is 11.8 Å². The first-order valence-corrected chi connectivity index (χ1v) is 16.0. The molecule has 2 amide bonds. The SMILES string of the molecule is N=C(N)c1ccc(CNC(=O)CN2C(=O)[C@H](NS(=O)(=O)Cc3ccccc3)CSc3ccc(C(=O)O)cc32)cc1.O=C(O)C(F)(F)F. The molecule has 0 saturated heterocycles. The van der Waals surface area contributed by atoms with E-state index < -0.39 is 52.5 Å². The summed E-state index contributed by atoms with van der Waals surface area (Å²) >= 11 is 1.19. The average Bonchev–Trinajstić information content (AvgIpc) is 3.12. The van der Waals surface area contributed by atoms with Crippen LogP contribution in [-0.4, -0.2) is 72.7 Å². The van der Waals surface area contributed by atoms with Crippen LogP contribution in [0.2, 0.25) is 0 Å². The van der Waals surface area contributed by atoms with E-state index >= 15 is 0 Å². The monoisotopic (exact) mass is 695 g/mol. The third kappa shape index (κ3) is 10.8. The number of hydrogen-bond donors (Lipinski definition) is 6. The Morgan fingerprint density at radius 2 is 1.57 bits per heavy atom. The summed E-state index contributed by atoms with van der Waals surface area (Å²) in [5, 5.41) is 26.8. The van der Waals surface area contributed by atoms with Crippen LogP contribution in [0.4, 0.5) is 18.9 Å². The van der Waals surface area contributed by atoms with Crippen LogP contribution in [0.1, 0.15) is 27.0 Å². The maximum atomic E-state index is 13.7. The maximum absolute atomic E-state index is 13.7. The van der Waals surface area contributed by atoms with Crippen molar-refractivity contribution >= 4 is 57.1 Å². The molecular weight excluding hydrogens is 667 g/mol. The van der Waals surface area contributed by atoms with E-state index in [0.29, 0.717) is 16.0 Å². The van der Waals surface area contributed by atoms with Gasteiger partial charge >= 0.3 is 18.1 Å². The summed E-state index contributed by atoms with van der Waals surface area (Å²) in [6, 6.07) is 18.3. The minimum atomic E-state index is -5.08. The van der Waals surface area contributed by atoms with Crippen molar-refractivity contribution < 1.29 is 51.0 Å². The van der Waals surface area contributed by atoms with Gasteiger partial charge in [0.15, 0.2) is 0 Å². The summed E-state index contributed by atoms with van der Waals surface area (Å²) in [4.78, 5) is 48.8. The van der Waals surface area contributed by atoms with Gasteiger partial charge in [-0.05, 0) is 29.3 Å². The van der Waals surface area contributed by atoms with Crippen molar-refractivity contribution in [3.05, 3.63) is 95.1 Å². The Hall–Kier alpha value is -4.94. The van der Waals surface area contributed by atoms with E-state index in [1.54, 1.807) is 60.7 Å². The van der Waals surface area contributed by atoms with Gasteiger partial charge in [-0.1, -0.05) is 54.6 Å². The number of thioether (sulfide) groups is 1. The van der Waals surface area contributed by atoms with Gasteiger partial charge in [0.05, 0.1) is 17.0 Å². The number of nitrogens with zero attached hydrogens (tertiary/aromatic N) is 1. The van der Waals surface area contributed by atoms with Crippen LogP contribution in [0.5, 0.6) is 0 Å². The number of carboxylic acids is 2. The Balaban J connectivity index is 0.000000771. The zero-order valence-electron chi connectivity index (χ0n) is 24.2. The molecule has 0 bridgehead atoms.